The first-order valence-electron chi connectivity index (χ1n) is 3.71. The van der Waals surface area contributed by atoms with Crippen LogP contribution in [-0.2, 0) is 4.79 Å². The lowest BCUT2D eigenvalue weighted by Gasteiger charge is -2.02. The fraction of sp³-hybridized carbons (Fsp3) is 0.875. The first-order valence-corrected chi connectivity index (χ1v) is 3.71. The Morgan fingerprint density at radius 2 is 2.22 bits per heavy atom. The summed E-state index contributed by atoms with van der Waals surface area (Å²) in [7, 11) is 0. The largest absolute Gasteiger partial charge is 0.303 e. The van der Waals surface area contributed by atoms with E-state index in [-0.39, 0.29) is 0 Å². The number of rotatable bonds is 2. The standard InChI is InChI=1S/C8H12O/c1-8(2-3-8)7-4-6(7)5-9/h5-7H,2-4H2,1H3. The van der Waals surface area contributed by atoms with Crippen molar-refractivity contribution in [1.29, 1.82) is 0 Å². The molecular weight excluding hydrogens is 112 g/mol. The fourth-order valence-electron chi connectivity index (χ4n) is 1.73. The predicted octanol–water partition coefficient (Wildman–Crippen LogP) is 1.62. The van der Waals surface area contributed by atoms with Crippen LogP contribution in [0, 0.1) is 17.3 Å². The summed E-state index contributed by atoms with van der Waals surface area (Å²) in [6.45, 7) is 2.31. The fourth-order valence-corrected chi connectivity index (χ4v) is 1.73. The van der Waals surface area contributed by atoms with E-state index in [9.17, 15) is 4.79 Å². The monoisotopic (exact) mass is 124 g/mol. The molecule has 0 heterocycles. The molecule has 0 radical (unpaired) electrons. The average molecular weight is 124 g/mol. The maximum Gasteiger partial charge on any atom is 0.123 e. The van der Waals surface area contributed by atoms with Crippen LogP contribution < -0.4 is 0 Å². The Hall–Kier alpha value is -0.330. The van der Waals surface area contributed by atoms with Crippen LogP contribution in [0.3, 0.4) is 0 Å². The van der Waals surface area contributed by atoms with E-state index < -0.39 is 0 Å². The zero-order chi connectivity index (χ0) is 6.48. The van der Waals surface area contributed by atoms with Gasteiger partial charge in [-0.2, -0.15) is 0 Å². The van der Waals surface area contributed by atoms with Gasteiger partial charge in [-0.05, 0) is 30.6 Å². The maximum absolute atomic E-state index is 10.3. The van der Waals surface area contributed by atoms with Gasteiger partial charge in [0.2, 0.25) is 0 Å². The third kappa shape index (κ3) is 0.707. The van der Waals surface area contributed by atoms with Gasteiger partial charge in [0.15, 0.2) is 0 Å². The van der Waals surface area contributed by atoms with Crippen molar-refractivity contribution in [3.05, 3.63) is 0 Å². The number of hydrogen-bond acceptors (Lipinski definition) is 1. The molecule has 2 rings (SSSR count). The van der Waals surface area contributed by atoms with Gasteiger partial charge in [0.25, 0.3) is 0 Å². The Morgan fingerprint density at radius 1 is 1.56 bits per heavy atom. The molecule has 2 aliphatic carbocycles. The maximum atomic E-state index is 10.3. The Bertz CT molecular complexity index is 147. The Balaban J connectivity index is 1.96. The second-order valence-electron chi connectivity index (χ2n) is 3.80. The van der Waals surface area contributed by atoms with Crippen LogP contribution in [0.25, 0.3) is 0 Å². The minimum Gasteiger partial charge on any atom is -0.303 e. The topological polar surface area (TPSA) is 17.1 Å². The molecule has 1 heteroatoms. The van der Waals surface area contributed by atoms with E-state index in [1.54, 1.807) is 0 Å². The van der Waals surface area contributed by atoms with Crippen LogP contribution in [0.1, 0.15) is 26.2 Å². The molecule has 0 amide bonds. The van der Waals surface area contributed by atoms with Crippen molar-refractivity contribution in [2.75, 3.05) is 0 Å². The molecule has 2 aliphatic rings. The number of carbonyl (C=O) groups excluding carboxylic acids is 1. The van der Waals surface area contributed by atoms with Crippen molar-refractivity contribution in [3.8, 4) is 0 Å². The summed E-state index contributed by atoms with van der Waals surface area (Å²) in [5.74, 6) is 1.22. The lowest BCUT2D eigenvalue weighted by molar-refractivity contribution is -0.109. The van der Waals surface area contributed by atoms with Crippen LogP contribution in [0.2, 0.25) is 0 Å². The highest BCUT2D eigenvalue weighted by atomic mass is 16.1. The van der Waals surface area contributed by atoms with E-state index in [1.165, 1.54) is 19.3 Å². The van der Waals surface area contributed by atoms with Crippen LogP contribution >= 0.6 is 0 Å². The molecule has 0 bridgehead atoms. The normalized spacial score (nSPS) is 44.1. The molecule has 2 unspecified atom stereocenters. The van der Waals surface area contributed by atoms with E-state index in [4.69, 9.17) is 0 Å². The second kappa shape index (κ2) is 1.39. The number of hydrogen-bond donors (Lipinski definition) is 0. The number of aldehydes is 1. The van der Waals surface area contributed by atoms with Gasteiger partial charge in [0, 0.05) is 5.92 Å². The smallest absolute Gasteiger partial charge is 0.123 e. The summed E-state index contributed by atoms with van der Waals surface area (Å²) in [6, 6.07) is 0. The Kier molecular flexibility index (Phi) is 0.842. The average Bonchev–Trinajstić information content (AvgIpc) is 2.60. The van der Waals surface area contributed by atoms with Gasteiger partial charge in [-0.3, -0.25) is 0 Å². The van der Waals surface area contributed by atoms with Gasteiger partial charge < -0.3 is 4.79 Å². The molecular formula is C8H12O. The van der Waals surface area contributed by atoms with Crippen molar-refractivity contribution in [2.24, 2.45) is 17.3 Å². The molecule has 50 valence electrons. The zero-order valence-electron chi connectivity index (χ0n) is 5.76. The highest BCUT2D eigenvalue weighted by Gasteiger charge is 2.55. The molecule has 2 saturated carbocycles. The van der Waals surface area contributed by atoms with Gasteiger partial charge in [0.1, 0.15) is 6.29 Å². The Labute approximate surface area is 55.4 Å². The molecule has 9 heavy (non-hydrogen) atoms. The van der Waals surface area contributed by atoms with Gasteiger partial charge in [-0.15, -0.1) is 0 Å². The quantitative estimate of drug-likeness (QED) is 0.511. The molecule has 2 atom stereocenters. The van der Waals surface area contributed by atoms with E-state index in [2.05, 4.69) is 6.92 Å². The van der Waals surface area contributed by atoms with Gasteiger partial charge in [0.05, 0.1) is 0 Å². The molecule has 0 aromatic rings. The third-order valence-electron chi connectivity index (χ3n) is 2.95. The van der Waals surface area contributed by atoms with E-state index >= 15 is 0 Å². The van der Waals surface area contributed by atoms with Gasteiger partial charge in [-0.1, -0.05) is 6.92 Å². The van der Waals surface area contributed by atoms with Crippen LogP contribution in [-0.4, -0.2) is 6.29 Å². The van der Waals surface area contributed by atoms with Crippen LogP contribution in [0.15, 0.2) is 0 Å². The zero-order valence-corrected chi connectivity index (χ0v) is 5.76. The first-order chi connectivity index (χ1) is 4.26. The predicted molar refractivity (Wildman–Crippen MR) is 35.0 cm³/mol. The van der Waals surface area contributed by atoms with Crippen LogP contribution in [0.5, 0.6) is 0 Å². The summed E-state index contributed by atoms with van der Waals surface area (Å²) in [5, 5.41) is 0. The lowest BCUT2D eigenvalue weighted by Crippen LogP contribution is -1.98. The second-order valence-corrected chi connectivity index (χ2v) is 3.80. The molecule has 0 aromatic carbocycles. The van der Waals surface area contributed by atoms with Gasteiger partial charge in [-0.25, -0.2) is 0 Å². The van der Waals surface area contributed by atoms with Crippen molar-refractivity contribution in [3.63, 3.8) is 0 Å². The summed E-state index contributed by atoms with van der Waals surface area (Å²) in [6.07, 6.45) is 5.04. The van der Waals surface area contributed by atoms with Crippen LogP contribution in [0.4, 0.5) is 0 Å². The molecule has 0 N–H and O–H groups in total. The van der Waals surface area contributed by atoms with Crippen molar-refractivity contribution in [1.82, 2.24) is 0 Å². The molecule has 0 saturated heterocycles. The molecule has 0 aromatic heterocycles. The highest BCUT2D eigenvalue weighted by Crippen LogP contribution is 2.63. The summed E-state index contributed by atoms with van der Waals surface area (Å²) >= 11 is 0. The minimum atomic E-state index is 0.442. The van der Waals surface area contributed by atoms with E-state index in [0.717, 1.165) is 12.2 Å². The molecule has 1 nitrogen and oxygen atoms in total. The summed E-state index contributed by atoms with van der Waals surface area (Å²) in [4.78, 5) is 10.3. The Morgan fingerprint density at radius 3 is 2.56 bits per heavy atom. The minimum absolute atomic E-state index is 0.442. The van der Waals surface area contributed by atoms with E-state index in [1.807, 2.05) is 0 Å². The summed E-state index contributed by atoms with van der Waals surface area (Å²) in [5.41, 5.74) is 0.603. The summed E-state index contributed by atoms with van der Waals surface area (Å²) < 4.78 is 0. The number of carbonyl (C=O) groups is 1. The molecule has 2 fully saturated rings. The highest BCUT2D eigenvalue weighted by molar-refractivity contribution is 5.58. The van der Waals surface area contributed by atoms with Crippen molar-refractivity contribution >= 4 is 6.29 Å². The lowest BCUT2D eigenvalue weighted by atomic mass is 10.0. The van der Waals surface area contributed by atoms with Gasteiger partial charge >= 0.3 is 0 Å². The SMILES string of the molecule is CC1(C2CC2C=O)CC1. The molecule has 0 aliphatic heterocycles. The third-order valence-corrected chi connectivity index (χ3v) is 2.95. The van der Waals surface area contributed by atoms with Crippen molar-refractivity contribution in [2.45, 2.75) is 26.2 Å². The van der Waals surface area contributed by atoms with E-state index in [0.29, 0.717) is 11.3 Å². The first kappa shape index (κ1) is 5.45. The van der Waals surface area contributed by atoms with Crippen molar-refractivity contribution < 1.29 is 4.79 Å². The molecule has 0 spiro atoms.